The average Bonchev–Trinajstić information content (AvgIpc) is 3.17. The predicted molar refractivity (Wildman–Crippen MR) is 139 cm³/mol. The molecule has 0 saturated carbocycles. The van der Waals surface area contributed by atoms with Crippen LogP contribution in [0.25, 0.3) is 5.76 Å². The van der Waals surface area contributed by atoms with Crippen LogP contribution < -0.4 is 0 Å². The Morgan fingerprint density at radius 1 is 0.800 bits per heavy atom. The largest absolute Gasteiger partial charge is 0.507 e. The van der Waals surface area contributed by atoms with Crippen LogP contribution in [-0.2, 0) is 11.8 Å². The lowest BCUT2D eigenvalue weighted by Crippen LogP contribution is -2.12. The maximum atomic E-state index is 12.8. The lowest BCUT2D eigenvalue weighted by atomic mass is 9.85. The SMILES string of the molecule is CC(C)Cc1ccc2c(c1)C(O)=C(/C=C/C=C/C=C1\C(=O)c3ccc(C(C)(C)C)cc3C1=O)C2=O. The lowest BCUT2D eigenvalue weighted by Gasteiger charge is -2.19. The Balaban J connectivity index is 1.51. The van der Waals surface area contributed by atoms with Crippen LogP contribution in [0.5, 0.6) is 0 Å². The van der Waals surface area contributed by atoms with Gasteiger partial charge in [0.1, 0.15) is 5.76 Å². The average molecular weight is 467 g/mol. The molecule has 0 heterocycles. The van der Waals surface area contributed by atoms with Gasteiger partial charge in [-0.25, -0.2) is 0 Å². The molecular weight excluding hydrogens is 436 g/mol. The van der Waals surface area contributed by atoms with Crippen LogP contribution in [0.2, 0.25) is 0 Å². The van der Waals surface area contributed by atoms with E-state index in [9.17, 15) is 19.5 Å². The standard InChI is InChI=1S/C31H30O4/c1-18(2)15-19-11-13-21-25(16-19)29(34)23(27(21)32)9-7-6-8-10-24-28(33)22-14-12-20(31(3,4)5)17-26(22)30(24)35/h6-14,16-18,34H,15H2,1-5H3/b8-6+,9-7+,24-10+. The first-order valence-corrected chi connectivity index (χ1v) is 11.9. The molecular formula is C31H30O4. The quantitative estimate of drug-likeness (QED) is 0.300. The van der Waals surface area contributed by atoms with E-state index in [1.807, 2.05) is 24.3 Å². The van der Waals surface area contributed by atoms with Gasteiger partial charge in [0.25, 0.3) is 0 Å². The van der Waals surface area contributed by atoms with Crippen molar-refractivity contribution in [2.75, 3.05) is 0 Å². The summed E-state index contributed by atoms with van der Waals surface area (Å²) in [5.41, 5.74) is 4.25. The fourth-order valence-electron chi connectivity index (χ4n) is 4.45. The molecule has 1 N–H and O–H groups in total. The molecule has 0 spiro atoms. The molecule has 2 aromatic carbocycles. The van der Waals surface area contributed by atoms with Gasteiger partial charge in [0.15, 0.2) is 17.3 Å². The smallest absolute Gasteiger partial charge is 0.197 e. The molecule has 0 unspecified atom stereocenters. The van der Waals surface area contributed by atoms with Gasteiger partial charge in [-0.1, -0.05) is 71.0 Å². The third-order valence-electron chi connectivity index (χ3n) is 6.34. The molecule has 0 aromatic heterocycles. The zero-order chi connectivity index (χ0) is 25.5. The van der Waals surface area contributed by atoms with Gasteiger partial charge in [0.05, 0.1) is 11.1 Å². The van der Waals surface area contributed by atoms with Crippen molar-refractivity contribution >= 4 is 23.1 Å². The number of carbonyl (C=O) groups is 3. The van der Waals surface area contributed by atoms with Crippen LogP contribution >= 0.6 is 0 Å². The van der Waals surface area contributed by atoms with E-state index in [4.69, 9.17) is 0 Å². The number of Topliss-reactive ketones (excluding diaryl/α,β-unsaturated/α-hetero) is 3. The molecule has 0 bridgehead atoms. The van der Waals surface area contributed by atoms with Crippen molar-refractivity contribution in [2.45, 2.75) is 46.5 Å². The highest BCUT2D eigenvalue weighted by Crippen LogP contribution is 2.33. The Morgan fingerprint density at radius 3 is 2.14 bits per heavy atom. The minimum Gasteiger partial charge on any atom is -0.507 e. The molecule has 0 radical (unpaired) electrons. The second kappa shape index (κ2) is 9.10. The Bertz CT molecular complexity index is 1370. The second-order valence-electron chi connectivity index (χ2n) is 10.6. The van der Waals surface area contributed by atoms with Crippen molar-refractivity contribution < 1.29 is 19.5 Å². The maximum absolute atomic E-state index is 12.8. The molecule has 35 heavy (non-hydrogen) atoms. The summed E-state index contributed by atoms with van der Waals surface area (Å²) in [5, 5.41) is 10.6. The van der Waals surface area contributed by atoms with Crippen molar-refractivity contribution in [3.63, 3.8) is 0 Å². The van der Waals surface area contributed by atoms with Crippen molar-refractivity contribution in [3.05, 3.63) is 111 Å². The molecule has 4 nitrogen and oxygen atoms in total. The first kappa shape index (κ1) is 24.3. The van der Waals surface area contributed by atoms with Gasteiger partial charge in [0, 0.05) is 22.3 Å². The Morgan fingerprint density at radius 2 is 1.46 bits per heavy atom. The van der Waals surface area contributed by atoms with Crippen molar-refractivity contribution in [3.8, 4) is 0 Å². The Labute approximate surface area is 206 Å². The first-order valence-electron chi connectivity index (χ1n) is 11.9. The van der Waals surface area contributed by atoms with Gasteiger partial charge < -0.3 is 5.11 Å². The summed E-state index contributed by atoms with van der Waals surface area (Å²) in [6.45, 7) is 10.4. The summed E-state index contributed by atoms with van der Waals surface area (Å²) >= 11 is 0. The number of ketones is 3. The molecule has 0 aliphatic heterocycles. The number of allylic oxidation sites excluding steroid dienone is 7. The first-order chi connectivity index (χ1) is 16.5. The summed E-state index contributed by atoms with van der Waals surface area (Å²) in [7, 11) is 0. The molecule has 0 amide bonds. The van der Waals surface area contributed by atoms with Crippen LogP contribution in [0, 0.1) is 5.92 Å². The zero-order valence-corrected chi connectivity index (χ0v) is 20.8. The molecule has 4 rings (SSSR count). The molecule has 2 aliphatic rings. The number of aliphatic hydroxyl groups is 1. The van der Waals surface area contributed by atoms with E-state index in [1.165, 1.54) is 6.08 Å². The summed E-state index contributed by atoms with van der Waals surface area (Å²) < 4.78 is 0. The summed E-state index contributed by atoms with van der Waals surface area (Å²) in [4.78, 5) is 38.3. The number of rotatable bonds is 5. The monoisotopic (exact) mass is 466 g/mol. The van der Waals surface area contributed by atoms with Gasteiger partial charge in [0.2, 0.25) is 0 Å². The van der Waals surface area contributed by atoms with E-state index in [-0.39, 0.29) is 39.7 Å². The predicted octanol–water partition coefficient (Wildman–Crippen LogP) is 6.77. The van der Waals surface area contributed by atoms with Crippen LogP contribution in [0.4, 0.5) is 0 Å². The minimum absolute atomic E-state index is 0.0233. The van der Waals surface area contributed by atoms with E-state index >= 15 is 0 Å². The highest BCUT2D eigenvalue weighted by molar-refractivity contribution is 6.39. The topological polar surface area (TPSA) is 71.4 Å². The highest BCUT2D eigenvalue weighted by Gasteiger charge is 2.33. The molecule has 0 fully saturated rings. The fourth-order valence-corrected chi connectivity index (χ4v) is 4.45. The van der Waals surface area contributed by atoms with Gasteiger partial charge in [-0.2, -0.15) is 0 Å². The van der Waals surface area contributed by atoms with Gasteiger partial charge in [-0.15, -0.1) is 0 Å². The second-order valence-corrected chi connectivity index (χ2v) is 10.6. The van der Waals surface area contributed by atoms with Crippen LogP contribution in [-0.4, -0.2) is 22.5 Å². The Kier molecular flexibility index (Phi) is 6.33. The lowest BCUT2D eigenvalue weighted by molar-refractivity contribution is 0.0986. The number of fused-ring (bicyclic) bond motifs is 2. The number of aliphatic hydroxyl groups excluding tert-OH is 1. The summed E-state index contributed by atoms with van der Waals surface area (Å²) in [6.07, 6.45) is 8.79. The van der Waals surface area contributed by atoms with Crippen molar-refractivity contribution in [2.24, 2.45) is 5.92 Å². The third-order valence-corrected chi connectivity index (χ3v) is 6.34. The van der Waals surface area contributed by atoms with Crippen molar-refractivity contribution in [1.82, 2.24) is 0 Å². The fraction of sp³-hybridized carbons (Fsp3) is 0.258. The van der Waals surface area contributed by atoms with Gasteiger partial charge in [-0.05, 0) is 59.2 Å². The van der Waals surface area contributed by atoms with E-state index < -0.39 is 0 Å². The van der Waals surface area contributed by atoms with Crippen LogP contribution in [0.3, 0.4) is 0 Å². The van der Waals surface area contributed by atoms with E-state index in [0.29, 0.717) is 28.2 Å². The molecule has 2 aromatic rings. The van der Waals surface area contributed by atoms with Crippen molar-refractivity contribution in [1.29, 1.82) is 0 Å². The maximum Gasteiger partial charge on any atom is 0.197 e. The number of carbonyl (C=O) groups excluding carboxylic acids is 3. The number of hydrogen-bond donors (Lipinski definition) is 1. The van der Waals surface area contributed by atoms with E-state index in [1.54, 1.807) is 36.4 Å². The Hall–Kier alpha value is -3.79. The molecule has 0 atom stereocenters. The minimum atomic E-state index is -0.280. The number of benzene rings is 2. The van der Waals surface area contributed by atoms with Crippen LogP contribution in [0.1, 0.15) is 82.4 Å². The van der Waals surface area contributed by atoms with Gasteiger partial charge in [-0.3, -0.25) is 14.4 Å². The molecule has 2 aliphatic carbocycles. The number of hydrogen-bond acceptors (Lipinski definition) is 4. The normalized spacial score (nSPS) is 17.1. The summed E-state index contributed by atoms with van der Waals surface area (Å²) in [5.74, 6) is -0.323. The van der Waals surface area contributed by atoms with Gasteiger partial charge >= 0.3 is 0 Å². The highest BCUT2D eigenvalue weighted by atomic mass is 16.3. The summed E-state index contributed by atoms with van der Waals surface area (Å²) in [6, 6.07) is 11.0. The third kappa shape index (κ3) is 4.61. The zero-order valence-electron chi connectivity index (χ0n) is 20.8. The molecule has 4 heteroatoms. The van der Waals surface area contributed by atoms with E-state index in [2.05, 4.69) is 34.6 Å². The molecule has 178 valence electrons. The molecule has 0 saturated heterocycles. The van der Waals surface area contributed by atoms with Crippen LogP contribution in [0.15, 0.2) is 77.9 Å². The van der Waals surface area contributed by atoms with E-state index in [0.717, 1.165) is 17.5 Å².